The van der Waals surface area contributed by atoms with Crippen LogP contribution in [-0.4, -0.2) is 31.6 Å². The number of carbonyl (C=O) groups excluding carboxylic acids is 1. The van der Waals surface area contributed by atoms with Crippen LogP contribution in [0.3, 0.4) is 0 Å². The molecule has 0 atom stereocenters. The molecule has 9 heteroatoms. The molecule has 3 rings (SSSR count). The number of hydrogen-bond acceptors (Lipinski definition) is 6. The molecule has 0 bridgehead atoms. The molecule has 0 saturated carbocycles. The Morgan fingerprint density at radius 2 is 2.00 bits per heavy atom. The molecule has 128 valence electrons. The molecule has 1 amide bonds. The van der Waals surface area contributed by atoms with E-state index in [4.69, 9.17) is 4.74 Å². The van der Waals surface area contributed by atoms with Crippen molar-refractivity contribution in [2.24, 2.45) is 4.40 Å². The lowest BCUT2D eigenvalue weighted by atomic mass is 10.2. The van der Waals surface area contributed by atoms with Crippen LogP contribution in [0.2, 0.25) is 0 Å². The lowest BCUT2D eigenvalue weighted by Gasteiger charge is -2.02. The number of benzene rings is 1. The van der Waals surface area contributed by atoms with Gasteiger partial charge in [-0.1, -0.05) is 6.07 Å². The van der Waals surface area contributed by atoms with Crippen LogP contribution in [0.15, 0.2) is 63.0 Å². The zero-order chi connectivity index (χ0) is 17.9. The van der Waals surface area contributed by atoms with Crippen molar-refractivity contribution in [3.8, 4) is 5.75 Å². The van der Waals surface area contributed by atoms with Crippen molar-refractivity contribution in [3.05, 3.63) is 59.3 Å². The predicted octanol–water partition coefficient (Wildman–Crippen LogP) is 2.04. The van der Waals surface area contributed by atoms with E-state index in [0.717, 1.165) is 17.3 Å². The topological polar surface area (TPSA) is 97.7 Å². The van der Waals surface area contributed by atoms with Crippen molar-refractivity contribution < 1.29 is 17.9 Å². The van der Waals surface area contributed by atoms with Gasteiger partial charge < -0.3 is 4.74 Å². The van der Waals surface area contributed by atoms with Crippen LogP contribution in [0.5, 0.6) is 5.75 Å². The Balaban J connectivity index is 1.84. The fourth-order valence-electron chi connectivity index (χ4n) is 1.99. The van der Waals surface area contributed by atoms with E-state index in [2.05, 4.69) is 14.7 Å². The van der Waals surface area contributed by atoms with E-state index in [-0.39, 0.29) is 10.1 Å². The summed E-state index contributed by atoms with van der Waals surface area (Å²) in [6.45, 7) is 0. The fourth-order valence-corrected chi connectivity index (χ4v) is 3.98. The van der Waals surface area contributed by atoms with Gasteiger partial charge in [-0.25, -0.2) is 0 Å². The summed E-state index contributed by atoms with van der Waals surface area (Å²) in [6.07, 6.45) is 4.85. The largest absolute Gasteiger partial charge is 0.497 e. The Morgan fingerprint density at radius 1 is 1.24 bits per heavy atom. The van der Waals surface area contributed by atoms with Gasteiger partial charge in [0.15, 0.2) is 5.17 Å². The van der Waals surface area contributed by atoms with Crippen LogP contribution < -0.4 is 10.1 Å². The molecular formula is C16H13N3O4S2. The summed E-state index contributed by atoms with van der Waals surface area (Å²) >= 11 is 0.962. The molecule has 1 aliphatic heterocycles. The van der Waals surface area contributed by atoms with E-state index in [1.54, 1.807) is 30.6 Å². The standard InChI is InChI=1S/C16H13N3O4S2/c1-23-12-4-6-13(7-5-12)25(21,22)19-16-18-15(20)14(24-16)9-11-3-2-8-17-10-11/h2-10H,1H3,(H,18,19,20)/b14-9-. The zero-order valence-electron chi connectivity index (χ0n) is 13.0. The maximum atomic E-state index is 12.3. The highest BCUT2D eigenvalue weighted by molar-refractivity contribution is 8.19. The summed E-state index contributed by atoms with van der Waals surface area (Å²) in [4.78, 5) is 16.3. The second-order valence-electron chi connectivity index (χ2n) is 4.90. The van der Waals surface area contributed by atoms with E-state index in [1.165, 1.54) is 31.4 Å². The SMILES string of the molecule is COc1ccc(S(=O)(=O)N=C2NC(=O)/C(=C/c3cccnc3)S2)cc1. The number of carbonyl (C=O) groups is 1. The van der Waals surface area contributed by atoms with Crippen LogP contribution in [0, 0.1) is 0 Å². The van der Waals surface area contributed by atoms with Gasteiger partial charge in [0.05, 0.1) is 16.9 Å². The van der Waals surface area contributed by atoms with Crippen molar-refractivity contribution in [2.75, 3.05) is 7.11 Å². The van der Waals surface area contributed by atoms with Crippen LogP contribution in [0.4, 0.5) is 0 Å². The second-order valence-corrected chi connectivity index (χ2v) is 7.53. The molecule has 2 aromatic rings. The normalized spacial score (nSPS) is 17.7. The number of methoxy groups -OCH3 is 1. The Morgan fingerprint density at radius 3 is 2.64 bits per heavy atom. The molecule has 1 aromatic heterocycles. The van der Waals surface area contributed by atoms with Crippen molar-refractivity contribution in [1.29, 1.82) is 0 Å². The molecule has 1 saturated heterocycles. The van der Waals surface area contributed by atoms with Gasteiger partial charge in [-0.2, -0.15) is 8.42 Å². The first-order chi connectivity index (χ1) is 12.0. The van der Waals surface area contributed by atoms with Gasteiger partial charge in [-0.3, -0.25) is 15.1 Å². The number of pyridine rings is 1. The van der Waals surface area contributed by atoms with Crippen LogP contribution in [0.1, 0.15) is 5.56 Å². The predicted molar refractivity (Wildman–Crippen MR) is 95.6 cm³/mol. The zero-order valence-corrected chi connectivity index (χ0v) is 14.7. The van der Waals surface area contributed by atoms with E-state index >= 15 is 0 Å². The highest BCUT2D eigenvalue weighted by atomic mass is 32.2. The molecule has 1 aromatic carbocycles. The number of nitrogens with zero attached hydrogens (tertiary/aromatic N) is 2. The van der Waals surface area contributed by atoms with Crippen LogP contribution >= 0.6 is 11.8 Å². The lowest BCUT2D eigenvalue weighted by Crippen LogP contribution is -2.20. The number of amidine groups is 1. The van der Waals surface area contributed by atoms with Crippen molar-refractivity contribution in [3.63, 3.8) is 0 Å². The number of amides is 1. The number of thioether (sulfide) groups is 1. The number of aromatic nitrogens is 1. The van der Waals surface area contributed by atoms with Gasteiger partial charge in [-0.05, 0) is 53.7 Å². The third-order valence-electron chi connectivity index (χ3n) is 3.19. The van der Waals surface area contributed by atoms with Gasteiger partial charge in [0, 0.05) is 12.4 Å². The second kappa shape index (κ2) is 7.08. The molecule has 0 aliphatic carbocycles. The van der Waals surface area contributed by atoms with Crippen LogP contribution in [-0.2, 0) is 14.8 Å². The first-order valence-corrected chi connectivity index (χ1v) is 9.33. The molecule has 0 unspecified atom stereocenters. The number of sulfonamides is 1. The Kier molecular flexibility index (Phi) is 4.86. The molecule has 0 spiro atoms. The summed E-state index contributed by atoms with van der Waals surface area (Å²) in [5, 5.41) is 2.46. The monoisotopic (exact) mass is 375 g/mol. The number of nitrogens with one attached hydrogen (secondary N) is 1. The van der Waals surface area contributed by atoms with Gasteiger partial charge in [0.25, 0.3) is 15.9 Å². The Hall–Kier alpha value is -2.65. The molecule has 7 nitrogen and oxygen atoms in total. The smallest absolute Gasteiger partial charge is 0.284 e. The van der Waals surface area contributed by atoms with E-state index in [0.29, 0.717) is 10.7 Å². The highest BCUT2D eigenvalue weighted by Gasteiger charge is 2.26. The van der Waals surface area contributed by atoms with Crippen molar-refractivity contribution in [1.82, 2.24) is 10.3 Å². The highest BCUT2D eigenvalue weighted by Crippen LogP contribution is 2.27. The summed E-state index contributed by atoms with van der Waals surface area (Å²) < 4.78 is 33.4. The van der Waals surface area contributed by atoms with Gasteiger partial charge in [0.1, 0.15) is 5.75 Å². The Labute approximate surface area is 148 Å². The minimum atomic E-state index is -3.93. The number of rotatable bonds is 4. The molecule has 2 heterocycles. The van der Waals surface area contributed by atoms with Crippen molar-refractivity contribution >= 4 is 38.9 Å². The maximum Gasteiger partial charge on any atom is 0.284 e. The quantitative estimate of drug-likeness (QED) is 0.821. The van der Waals surface area contributed by atoms with E-state index < -0.39 is 15.9 Å². The van der Waals surface area contributed by atoms with E-state index in [9.17, 15) is 13.2 Å². The fraction of sp³-hybridized carbons (Fsp3) is 0.0625. The average molecular weight is 375 g/mol. The first-order valence-electron chi connectivity index (χ1n) is 7.08. The van der Waals surface area contributed by atoms with Gasteiger partial charge in [0.2, 0.25) is 0 Å². The molecule has 1 fully saturated rings. The number of hydrogen-bond donors (Lipinski definition) is 1. The van der Waals surface area contributed by atoms with Crippen molar-refractivity contribution in [2.45, 2.75) is 4.90 Å². The average Bonchev–Trinajstić information content (AvgIpc) is 2.94. The van der Waals surface area contributed by atoms with Gasteiger partial charge >= 0.3 is 0 Å². The molecule has 1 aliphatic rings. The third-order valence-corrected chi connectivity index (χ3v) is 5.51. The summed E-state index contributed by atoms with van der Waals surface area (Å²) in [7, 11) is -2.44. The molecule has 1 N–H and O–H groups in total. The minimum absolute atomic E-state index is 0.0101. The maximum absolute atomic E-state index is 12.3. The minimum Gasteiger partial charge on any atom is -0.497 e. The summed E-state index contributed by atoms with van der Waals surface area (Å²) in [6, 6.07) is 9.38. The Bertz CT molecular complexity index is 953. The van der Waals surface area contributed by atoms with Crippen LogP contribution in [0.25, 0.3) is 6.08 Å². The summed E-state index contributed by atoms with van der Waals surface area (Å²) in [5.74, 6) is 0.134. The molecule has 0 radical (unpaired) electrons. The number of ether oxygens (including phenoxy) is 1. The van der Waals surface area contributed by atoms with Gasteiger partial charge in [-0.15, -0.1) is 4.40 Å². The first kappa shape index (κ1) is 17.2. The molecular weight excluding hydrogens is 362 g/mol. The molecule has 25 heavy (non-hydrogen) atoms. The third kappa shape index (κ3) is 4.06. The summed E-state index contributed by atoms with van der Waals surface area (Å²) in [5.41, 5.74) is 0.736. The van der Waals surface area contributed by atoms with E-state index in [1.807, 2.05) is 0 Å². The lowest BCUT2D eigenvalue weighted by molar-refractivity contribution is -0.115.